The van der Waals surface area contributed by atoms with E-state index in [1.54, 1.807) is 0 Å². The molecule has 0 bridgehead atoms. The van der Waals surface area contributed by atoms with Crippen molar-refractivity contribution in [2.75, 3.05) is 33.0 Å². The molecule has 8 N–H and O–H groups in total. The Morgan fingerprint density at radius 1 is 0.933 bits per heavy atom. The van der Waals surface area contributed by atoms with Crippen LogP contribution in [-0.4, -0.2) is 75.3 Å². The average Bonchev–Trinajstić information content (AvgIpc) is 2.29. The van der Waals surface area contributed by atoms with Gasteiger partial charge in [-0.05, 0) is 6.42 Å². The van der Waals surface area contributed by atoms with Gasteiger partial charge in [0, 0.05) is 6.61 Å². The first-order valence-corrected chi connectivity index (χ1v) is 4.51. The predicted molar refractivity (Wildman–Crippen MR) is 53.0 cm³/mol. The van der Waals surface area contributed by atoms with Crippen molar-refractivity contribution < 1.29 is 30.6 Å². The van der Waals surface area contributed by atoms with Gasteiger partial charge in [0.25, 0.3) is 0 Å². The standard InChI is InChI=1S/C4H11NO3.C4H10O3/c5-4(1-6,2-7)3-8;5-2-1-4(7)3-6/h6-8H,1-3,5H2;4-7H,1-3H2. The van der Waals surface area contributed by atoms with Crippen molar-refractivity contribution in [3.63, 3.8) is 0 Å². The number of rotatable bonds is 6. The Balaban J connectivity index is 0. The summed E-state index contributed by atoms with van der Waals surface area (Å²) >= 11 is 0. The van der Waals surface area contributed by atoms with Gasteiger partial charge in [-0.25, -0.2) is 0 Å². The van der Waals surface area contributed by atoms with Gasteiger partial charge in [-0.3, -0.25) is 0 Å². The molecule has 0 aromatic carbocycles. The molecule has 0 aliphatic carbocycles. The van der Waals surface area contributed by atoms with Gasteiger partial charge in [-0.15, -0.1) is 0 Å². The van der Waals surface area contributed by atoms with Gasteiger partial charge in [-0.1, -0.05) is 0 Å². The molecule has 0 amide bonds. The Labute approximate surface area is 88.4 Å². The van der Waals surface area contributed by atoms with E-state index in [-0.39, 0.29) is 19.6 Å². The molecule has 0 radical (unpaired) electrons. The van der Waals surface area contributed by atoms with Crippen molar-refractivity contribution in [2.45, 2.75) is 18.1 Å². The largest absolute Gasteiger partial charge is 0.396 e. The zero-order valence-corrected chi connectivity index (χ0v) is 8.58. The van der Waals surface area contributed by atoms with E-state index < -0.39 is 31.5 Å². The molecule has 0 aliphatic rings. The minimum Gasteiger partial charge on any atom is -0.396 e. The quantitative estimate of drug-likeness (QED) is 0.248. The number of aliphatic hydroxyl groups excluding tert-OH is 6. The number of hydrogen-bond donors (Lipinski definition) is 7. The van der Waals surface area contributed by atoms with Crippen LogP contribution in [0.5, 0.6) is 0 Å². The van der Waals surface area contributed by atoms with E-state index in [0.29, 0.717) is 0 Å². The highest BCUT2D eigenvalue weighted by Crippen LogP contribution is 1.93. The summed E-state index contributed by atoms with van der Waals surface area (Å²) < 4.78 is 0. The minimum absolute atomic E-state index is 0.0677. The molecule has 0 saturated heterocycles. The number of nitrogens with two attached hydrogens (primary N) is 1. The molecule has 1 unspecified atom stereocenters. The maximum atomic E-state index is 8.45. The third-order valence-corrected chi connectivity index (χ3v) is 1.62. The monoisotopic (exact) mass is 227 g/mol. The van der Waals surface area contributed by atoms with E-state index in [0.717, 1.165) is 0 Å². The van der Waals surface area contributed by atoms with E-state index >= 15 is 0 Å². The molecule has 0 aromatic rings. The van der Waals surface area contributed by atoms with Crippen LogP contribution >= 0.6 is 0 Å². The van der Waals surface area contributed by atoms with Gasteiger partial charge in [-0.2, -0.15) is 0 Å². The SMILES string of the molecule is NC(CO)(CO)CO.OCCC(O)CO. The zero-order chi connectivity index (χ0) is 12.3. The third kappa shape index (κ3) is 10.0. The summed E-state index contributed by atoms with van der Waals surface area (Å²) in [5, 5.41) is 49.7. The fraction of sp³-hybridized carbons (Fsp3) is 1.00. The molecule has 0 fully saturated rings. The van der Waals surface area contributed by atoms with Gasteiger partial charge in [0.15, 0.2) is 0 Å². The highest BCUT2D eigenvalue weighted by molar-refractivity contribution is 4.80. The highest BCUT2D eigenvalue weighted by Gasteiger charge is 2.20. The number of aliphatic hydroxyl groups is 6. The minimum atomic E-state index is -1.21. The summed E-state index contributed by atoms with van der Waals surface area (Å²) in [6.45, 7) is -1.54. The molecule has 7 heteroatoms. The fourth-order valence-electron chi connectivity index (χ4n) is 0.390. The smallest absolute Gasteiger partial charge is 0.0856 e. The van der Waals surface area contributed by atoms with Gasteiger partial charge in [0.1, 0.15) is 0 Å². The summed E-state index contributed by atoms with van der Waals surface area (Å²) in [6, 6.07) is 0. The lowest BCUT2D eigenvalue weighted by Crippen LogP contribution is -2.50. The summed E-state index contributed by atoms with van der Waals surface area (Å²) in [4.78, 5) is 0. The van der Waals surface area contributed by atoms with E-state index in [2.05, 4.69) is 0 Å². The molecule has 7 nitrogen and oxygen atoms in total. The van der Waals surface area contributed by atoms with Gasteiger partial charge < -0.3 is 36.4 Å². The molecule has 1 atom stereocenters. The van der Waals surface area contributed by atoms with Crippen molar-refractivity contribution in [3.8, 4) is 0 Å². The fourth-order valence-corrected chi connectivity index (χ4v) is 0.390. The second-order valence-corrected chi connectivity index (χ2v) is 3.19. The number of hydrogen-bond acceptors (Lipinski definition) is 7. The molecular formula is C8H21NO6. The van der Waals surface area contributed by atoms with Gasteiger partial charge in [0.05, 0.1) is 38.1 Å². The maximum absolute atomic E-state index is 8.45. The Kier molecular flexibility index (Phi) is 11.7. The van der Waals surface area contributed by atoms with Crippen LogP contribution in [0.1, 0.15) is 6.42 Å². The summed E-state index contributed by atoms with van der Waals surface area (Å²) in [7, 11) is 0. The van der Waals surface area contributed by atoms with Crippen molar-refractivity contribution >= 4 is 0 Å². The first-order chi connectivity index (χ1) is 6.99. The Morgan fingerprint density at radius 2 is 1.33 bits per heavy atom. The van der Waals surface area contributed by atoms with E-state index in [4.69, 9.17) is 36.4 Å². The summed E-state index contributed by atoms with van der Waals surface area (Å²) in [5.74, 6) is 0. The van der Waals surface area contributed by atoms with Crippen molar-refractivity contribution in [1.29, 1.82) is 0 Å². The lowest BCUT2D eigenvalue weighted by molar-refractivity contribution is 0.0697. The maximum Gasteiger partial charge on any atom is 0.0856 e. The van der Waals surface area contributed by atoms with E-state index in [9.17, 15) is 0 Å². The Hall–Kier alpha value is -0.280. The molecule has 15 heavy (non-hydrogen) atoms. The van der Waals surface area contributed by atoms with E-state index in [1.165, 1.54) is 0 Å². The van der Waals surface area contributed by atoms with Crippen molar-refractivity contribution in [2.24, 2.45) is 5.73 Å². The lowest BCUT2D eigenvalue weighted by atomic mass is 10.1. The Morgan fingerprint density at radius 3 is 1.40 bits per heavy atom. The van der Waals surface area contributed by atoms with Crippen molar-refractivity contribution in [3.05, 3.63) is 0 Å². The third-order valence-electron chi connectivity index (χ3n) is 1.62. The predicted octanol–water partition coefficient (Wildman–Crippen LogP) is -3.62. The molecular weight excluding hydrogens is 206 g/mol. The summed E-state index contributed by atoms with van der Waals surface area (Å²) in [5.41, 5.74) is 3.94. The Bertz CT molecular complexity index is 122. The highest BCUT2D eigenvalue weighted by atomic mass is 16.3. The van der Waals surface area contributed by atoms with Crippen LogP contribution in [0, 0.1) is 0 Å². The zero-order valence-electron chi connectivity index (χ0n) is 8.58. The van der Waals surface area contributed by atoms with Crippen molar-refractivity contribution in [1.82, 2.24) is 0 Å². The molecule has 0 aliphatic heterocycles. The molecule has 0 spiro atoms. The van der Waals surface area contributed by atoms with Gasteiger partial charge >= 0.3 is 0 Å². The molecule has 0 aromatic heterocycles. The van der Waals surface area contributed by atoms with Crippen LogP contribution in [0.15, 0.2) is 0 Å². The second-order valence-electron chi connectivity index (χ2n) is 3.19. The van der Waals surface area contributed by atoms with Crippen LogP contribution in [0.4, 0.5) is 0 Å². The lowest BCUT2D eigenvalue weighted by Gasteiger charge is -2.20. The first kappa shape index (κ1) is 17.1. The van der Waals surface area contributed by atoms with Crippen LogP contribution in [-0.2, 0) is 0 Å². The first-order valence-electron chi connectivity index (χ1n) is 4.51. The molecule has 94 valence electrons. The summed E-state index contributed by atoms with van der Waals surface area (Å²) in [6.07, 6.45) is -0.485. The second kappa shape index (κ2) is 10.2. The average molecular weight is 227 g/mol. The van der Waals surface area contributed by atoms with E-state index in [1.807, 2.05) is 0 Å². The molecule has 0 saturated carbocycles. The van der Waals surface area contributed by atoms with Gasteiger partial charge in [0.2, 0.25) is 0 Å². The van der Waals surface area contributed by atoms with Crippen LogP contribution in [0.3, 0.4) is 0 Å². The molecule has 0 rings (SSSR count). The van der Waals surface area contributed by atoms with Crippen LogP contribution in [0.2, 0.25) is 0 Å². The van der Waals surface area contributed by atoms with Crippen LogP contribution in [0.25, 0.3) is 0 Å². The normalized spacial score (nSPS) is 13.0. The van der Waals surface area contributed by atoms with Crippen LogP contribution < -0.4 is 5.73 Å². The topological polar surface area (TPSA) is 147 Å². The molecule has 0 heterocycles.